The number of ether oxygens (including phenoxy) is 2. The predicted octanol–water partition coefficient (Wildman–Crippen LogP) is 7.84. The van der Waals surface area contributed by atoms with Crippen molar-refractivity contribution in [3.8, 4) is 0 Å². The van der Waals surface area contributed by atoms with Gasteiger partial charge in [0.1, 0.15) is 12.6 Å². The van der Waals surface area contributed by atoms with Gasteiger partial charge in [-0.2, -0.15) is 0 Å². The molecular weight excluding hydrogens is 642 g/mol. The third-order valence-electron chi connectivity index (χ3n) is 7.80. The van der Waals surface area contributed by atoms with Crippen molar-refractivity contribution in [3.63, 3.8) is 0 Å². The average Bonchev–Trinajstić information content (AvgIpc) is 3.06. The molecule has 0 aromatic carbocycles. The fourth-order valence-corrected chi connectivity index (χ4v) is 5.95. The molecule has 0 rings (SSSR count). The minimum atomic E-state index is -1.01. The summed E-state index contributed by atoms with van der Waals surface area (Å²) in [5, 5.41) is 28.9. The Morgan fingerprint density at radius 2 is 1.51 bits per heavy atom. The van der Waals surface area contributed by atoms with Crippen LogP contribution in [0.3, 0.4) is 0 Å². The normalized spacial score (nSPS) is 14.7. The molecule has 0 aromatic heterocycles. The van der Waals surface area contributed by atoms with Gasteiger partial charge < -0.3 is 30.5 Å². The SMILES string of the molecule is CCCCC/C=C\C\C=C/C=C/C=C/[C@@H](SC[C@H](N)C(=O)OC[C@H](CO)OC(=O)CCCCCCCCCC(C)C)[C@@H](O)CCCC(=O)O. The first-order chi connectivity index (χ1) is 23.6. The molecule has 0 saturated heterocycles. The van der Waals surface area contributed by atoms with E-state index in [2.05, 4.69) is 39.0 Å². The second-order valence-corrected chi connectivity index (χ2v) is 14.2. The van der Waals surface area contributed by atoms with Crippen molar-refractivity contribution in [1.29, 1.82) is 0 Å². The van der Waals surface area contributed by atoms with E-state index < -0.39 is 48.0 Å². The third-order valence-corrected chi connectivity index (χ3v) is 9.21. The Morgan fingerprint density at radius 3 is 2.18 bits per heavy atom. The van der Waals surface area contributed by atoms with Crippen LogP contribution >= 0.6 is 11.8 Å². The van der Waals surface area contributed by atoms with Gasteiger partial charge in [-0.25, -0.2) is 0 Å². The summed E-state index contributed by atoms with van der Waals surface area (Å²) in [5.74, 6) is -1.17. The first-order valence-corrected chi connectivity index (χ1v) is 19.5. The summed E-state index contributed by atoms with van der Waals surface area (Å²) in [6, 6.07) is -1.01. The summed E-state index contributed by atoms with van der Waals surface area (Å²) in [6.07, 6.45) is 29.3. The fraction of sp³-hybridized carbons (Fsp3) is 0.718. The van der Waals surface area contributed by atoms with Crippen LogP contribution in [0.15, 0.2) is 48.6 Å². The van der Waals surface area contributed by atoms with E-state index in [0.717, 1.165) is 38.0 Å². The number of thioether (sulfide) groups is 1. The van der Waals surface area contributed by atoms with Gasteiger partial charge in [-0.05, 0) is 44.4 Å². The van der Waals surface area contributed by atoms with E-state index in [0.29, 0.717) is 12.8 Å². The van der Waals surface area contributed by atoms with Crippen molar-refractivity contribution in [2.24, 2.45) is 11.7 Å². The lowest BCUT2D eigenvalue weighted by molar-refractivity contribution is -0.161. The summed E-state index contributed by atoms with van der Waals surface area (Å²) in [5.41, 5.74) is 6.07. The van der Waals surface area contributed by atoms with E-state index in [4.69, 9.17) is 20.3 Å². The number of aliphatic hydroxyl groups is 2. The lowest BCUT2D eigenvalue weighted by Crippen LogP contribution is -2.38. The highest BCUT2D eigenvalue weighted by atomic mass is 32.2. The number of unbranched alkanes of at least 4 members (excludes halogenated alkanes) is 9. The number of allylic oxidation sites excluding steroid dienone is 7. The van der Waals surface area contributed by atoms with Crippen molar-refractivity contribution in [2.75, 3.05) is 19.0 Å². The molecule has 4 atom stereocenters. The Balaban J connectivity index is 4.65. The predicted molar refractivity (Wildman–Crippen MR) is 201 cm³/mol. The van der Waals surface area contributed by atoms with E-state index in [1.54, 1.807) is 6.08 Å². The molecule has 0 amide bonds. The lowest BCUT2D eigenvalue weighted by Gasteiger charge is -2.21. The molecule has 10 heteroatoms. The first-order valence-electron chi connectivity index (χ1n) is 18.5. The molecule has 0 spiro atoms. The number of esters is 2. The van der Waals surface area contributed by atoms with Crippen molar-refractivity contribution in [2.45, 2.75) is 153 Å². The molecule has 0 aromatic rings. The van der Waals surface area contributed by atoms with E-state index in [1.165, 1.54) is 56.7 Å². The van der Waals surface area contributed by atoms with E-state index in [1.807, 2.05) is 24.3 Å². The average molecular weight is 710 g/mol. The molecule has 0 aliphatic carbocycles. The molecular formula is C39H67NO8S. The number of rotatable bonds is 32. The van der Waals surface area contributed by atoms with Gasteiger partial charge in [-0.3, -0.25) is 14.4 Å². The summed E-state index contributed by atoms with van der Waals surface area (Å²) in [7, 11) is 0. The molecule has 0 aliphatic rings. The third kappa shape index (κ3) is 30.2. The molecule has 0 radical (unpaired) electrons. The Morgan fingerprint density at radius 1 is 0.816 bits per heavy atom. The van der Waals surface area contributed by atoms with Crippen LogP contribution in [0.5, 0.6) is 0 Å². The van der Waals surface area contributed by atoms with E-state index in [9.17, 15) is 24.6 Å². The highest BCUT2D eigenvalue weighted by Gasteiger charge is 2.23. The van der Waals surface area contributed by atoms with Gasteiger partial charge in [0.15, 0.2) is 6.10 Å². The standard InChI is InChI=1S/C39H67NO8S/c1-4-5-6-7-8-9-10-11-12-15-18-21-26-36(35(42)25-23-27-37(43)44)49-31-34(40)39(46)47-30-33(29-41)48-38(45)28-22-19-16-13-14-17-20-24-32(2)3/h8-9,11-12,15,18,21,26,32-36,41-42H,4-7,10,13-14,16-17,19-20,22-25,27-31,40H2,1-3H3,(H,43,44)/b9-8-,12-11-,18-15+,26-21+/t33-,34-,35-,36+/m0/s1. The van der Waals surface area contributed by atoms with Gasteiger partial charge in [0.05, 0.1) is 12.7 Å². The number of aliphatic hydroxyl groups excluding tert-OH is 2. The lowest BCUT2D eigenvalue weighted by atomic mass is 10.0. The van der Waals surface area contributed by atoms with Crippen LogP contribution in [-0.4, -0.2) is 75.7 Å². The maximum Gasteiger partial charge on any atom is 0.323 e. The molecule has 0 unspecified atom stereocenters. The smallest absolute Gasteiger partial charge is 0.323 e. The quantitative estimate of drug-likeness (QED) is 0.0235. The summed E-state index contributed by atoms with van der Waals surface area (Å²) in [4.78, 5) is 35.7. The number of aliphatic carboxylic acids is 1. The molecule has 0 saturated carbocycles. The van der Waals surface area contributed by atoms with Gasteiger partial charge >= 0.3 is 17.9 Å². The Kier molecular flexibility index (Phi) is 31.2. The number of nitrogens with two attached hydrogens (primary N) is 1. The van der Waals surface area contributed by atoms with Crippen molar-refractivity contribution < 1.29 is 39.2 Å². The van der Waals surface area contributed by atoms with Gasteiger partial charge in [0, 0.05) is 23.8 Å². The topological polar surface area (TPSA) is 156 Å². The summed E-state index contributed by atoms with van der Waals surface area (Å²) in [6.45, 7) is 5.90. The number of carbonyl (C=O) groups is 3. The summed E-state index contributed by atoms with van der Waals surface area (Å²) >= 11 is 1.27. The first kappa shape index (κ1) is 46.6. The zero-order valence-corrected chi connectivity index (χ0v) is 31.3. The maximum absolute atomic E-state index is 12.6. The minimum absolute atomic E-state index is 0.0446. The largest absolute Gasteiger partial charge is 0.481 e. The van der Waals surface area contributed by atoms with Crippen LogP contribution in [-0.2, 0) is 23.9 Å². The maximum atomic E-state index is 12.6. The van der Waals surface area contributed by atoms with Crippen molar-refractivity contribution in [1.82, 2.24) is 0 Å². The Hall–Kier alpha value is -2.40. The molecule has 49 heavy (non-hydrogen) atoms. The Bertz CT molecular complexity index is 965. The van der Waals surface area contributed by atoms with Crippen LogP contribution in [0.2, 0.25) is 0 Å². The van der Waals surface area contributed by atoms with Gasteiger partial charge in [-0.15, -0.1) is 11.8 Å². The number of hydrogen-bond acceptors (Lipinski definition) is 9. The molecule has 5 N–H and O–H groups in total. The second-order valence-electron chi connectivity index (χ2n) is 13.0. The van der Waals surface area contributed by atoms with Crippen LogP contribution in [0, 0.1) is 5.92 Å². The van der Waals surface area contributed by atoms with Crippen molar-refractivity contribution >= 4 is 29.7 Å². The van der Waals surface area contributed by atoms with Crippen LogP contribution < -0.4 is 5.73 Å². The highest BCUT2D eigenvalue weighted by molar-refractivity contribution is 8.00. The van der Waals surface area contributed by atoms with E-state index in [-0.39, 0.29) is 31.6 Å². The fourth-order valence-electron chi connectivity index (χ4n) is 4.83. The van der Waals surface area contributed by atoms with Gasteiger partial charge in [0.2, 0.25) is 0 Å². The molecule has 9 nitrogen and oxygen atoms in total. The number of carboxylic acid groups (broad SMARTS) is 1. The molecule has 0 fully saturated rings. The second kappa shape index (κ2) is 32.8. The zero-order chi connectivity index (χ0) is 36.5. The molecule has 282 valence electrons. The van der Waals surface area contributed by atoms with Gasteiger partial charge in [-0.1, -0.05) is 127 Å². The highest BCUT2D eigenvalue weighted by Crippen LogP contribution is 2.21. The van der Waals surface area contributed by atoms with Crippen LogP contribution in [0.25, 0.3) is 0 Å². The minimum Gasteiger partial charge on any atom is -0.481 e. The zero-order valence-electron chi connectivity index (χ0n) is 30.5. The summed E-state index contributed by atoms with van der Waals surface area (Å²) < 4.78 is 10.5. The number of hydrogen-bond donors (Lipinski definition) is 4. The number of carboxylic acids is 1. The van der Waals surface area contributed by atoms with Crippen LogP contribution in [0.4, 0.5) is 0 Å². The van der Waals surface area contributed by atoms with Gasteiger partial charge in [0.25, 0.3) is 0 Å². The van der Waals surface area contributed by atoms with E-state index >= 15 is 0 Å². The monoisotopic (exact) mass is 709 g/mol. The number of carbonyl (C=O) groups excluding carboxylic acids is 2. The molecule has 0 aliphatic heterocycles. The van der Waals surface area contributed by atoms with Crippen molar-refractivity contribution in [3.05, 3.63) is 48.6 Å². The van der Waals surface area contributed by atoms with Crippen LogP contribution in [0.1, 0.15) is 130 Å². The molecule has 0 heterocycles. The Labute approximate surface area is 300 Å². The molecule has 0 bridgehead atoms.